The van der Waals surface area contributed by atoms with E-state index < -0.39 is 0 Å². The summed E-state index contributed by atoms with van der Waals surface area (Å²) in [5.74, 6) is -0.0420. The highest BCUT2D eigenvalue weighted by atomic mass is 32.1. The molecule has 0 aromatic rings. The molecule has 0 spiro atoms. The number of nitrogens with zero attached hydrogens (tertiary/aromatic N) is 1. The van der Waals surface area contributed by atoms with Crippen molar-refractivity contribution in [1.82, 2.24) is 21.1 Å². The average molecular weight is 359 g/mol. The molecule has 1 unspecified atom stereocenters. The first-order chi connectivity index (χ1) is 12.1. The van der Waals surface area contributed by atoms with E-state index in [2.05, 4.69) is 40.4 Å². The summed E-state index contributed by atoms with van der Waals surface area (Å²) >= 11 is 5.32. The number of allylic oxidation sites excluding steroid dienone is 7. The van der Waals surface area contributed by atoms with E-state index in [4.69, 9.17) is 12.2 Å². The van der Waals surface area contributed by atoms with Gasteiger partial charge >= 0.3 is 0 Å². The molecule has 0 aromatic heterocycles. The van der Waals surface area contributed by atoms with Crippen molar-refractivity contribution in [1.29, 1.82) is 0 Å². The summed E-state index contributed by atoms with van der Waals surface area (Å²) in [4.78, 5) is 12.0. The van der Waals surface area contributed by atoms with Crippen LogP contribution in [0.5, 0.6) is 0 Å². The first kappa shape index (κ1) is 19.0. The van der Waals surface area contributed by atoms with Gasteiger partial charge in [0.25, 0.3) is 0 Å². The van der Waals surface area contributed by atoms with Gasteiger partial charge in [-0.25, -0.2) is 0 Å². The normalized spacial score (nSPS) is 18.3. The standard InChI is InChI=1S/C19H26N4OS/c1-23(19(25)21-17-12-7-4-8-13-17)22-18(24)14-9-15-20-16-10-5-2-3-6-11-16/h2-5,7-8,10-12,17,20H,6,9,13-15H2,1H3,(H,21,25)(H,22,24). The zero-order chi connectivity index (χ0) is 17.9. The van der Waals surface area contributed by atoms with E-state index in [0.717, 1.165) is 31.5 Å². The number of rotatable bonds is 6. The minimum Gasteiger partial charge on any atom is -0.385 e. The number of carbonyl (C=O) groups excluding carboxylic acids is 1. The lowest BCUT2D eigenvalue weighted by molar-refractivity contribution is -0.124. The van der Waals surface area contributed by atoms with Crippen LogP contribution in [0.4, 0.5) is 0 Å². The Bertz CT molecular complexity index is 619. The van der Waals surface area contributed by atoms with Crippen LogP contribution in [0.25, 0.3) is 0 Å². The third-order valence-corrected chi connectivity index (χ3v) is 4.18. The van der Waals surface area contributed by atoms with E-state index in [0.29, 0.717) is 11.5 Å². The van der Waals surface area contributed by atoms with Crippen LogP contribution < -0.4 is 16.1 Å². The van der Waals surface area contributed by atoms with Gasteiger partial charge in [-0.05, 0) is 37.6 Å². The molecule has 0 fully saturated rings. The minimum atomic E-state index is -0.0420. The summed E-state index contributed by atoms with van der Waals surface area (Å²) in [5, 5.41) is 8.63. The van der Waals surface area contributed by atoms with E-state index in [1.54, 1.807) is 12.1 Å². The van der Waals surface area contributed by atoms with Crippen LogP contribution >= 0.6 is 12.2 Å². The maximum Gasteiger partial charge on any atom is 0.238 e. The Morgan fingerprint density at radius 1 is 1.28 bits per heavy atom. The Morgan fingerprint density at radius 2 is 2.12 bits per heavy atom. The Kier molecular flexibility index (Phi) is 7.98. The molecule has 0 heterocycles. The Morgan fingerprint density at radius 3 is 2.92 bits per heavy atom. The molecular formula is C19H26N4OS. The lowest BCUT2D eigenvalue weighted by atomic mass is 10.1. The van der Waals surface area contributed by atoms with Gasteiger partial charge < -0.3 is 10.6 Å². The summed E-state index contributed by atoms with van der Waals surface area (Å²) in [6.07, 6.45) is 21.5. The van der Waals surface area contributed by atoms with Crippen LogP contribution in [0, 0.1) is 0 Å². The van der Waals surface area contributed by atoms with Crippen LogP contribution in [0.15, 0.2) is 60.4 Å². The molecular weight excluding hydrogens is 332 g/mol. The molecule has 25 heavy (non-hydrogen) atoms. The lowest BCUT2D eigenvalue weighted by Crippen LogP contribution is -2.50. The third-order valence-electron chi connectivity index (χ3n) is 3.79. The Labute approximate surface area is 155 Å². The zero-order valence-electron chi connectivity index (χ0n) is 14.6. The smallest absolute Gasteiger partial charge is 0.238 e. The highest BCUT2D eigenvalue weighted by molar-refractivity contribution is 7.80. The molecule has 2 aliphatic rings. The van der Waals surface area contributed by atoms with Gasteiger partial charge in [0.15, 0.2) is 5.11 Å². The molecule has 0 aromatic carbocycles. The second-order valence-corrected chi connectivity index (χ2v) is 6.30. The zero-order valence-corrected chi connectivity index (χ0v) is 15.4. The first-order valence-electron chi connectivity index (χ1n) is 8.59. The van der Waals surface area contributed by atoms with Gasteiger partial charge in [-0.3, -0.25) is 15.2 Å². The molecule has 134 valence electrons. The quantitative estimate of drug-likeness (QED) is 0.387. The Balaban J connectivity index is 1.60. The predicted molar refractivity (Wildman–Crippen MR) is 107 cm³/mol. The van der Waals surface area contributed by atoms with Crippen molar-refractivity contribution in [2.75, 3.05) is 13.6 Å². The molecule has 2 aliphatic carbocycles. The topological polar surface area (TPSA) is 56.4 Å². The van der Waals surface area contributed by atoms with Crippen LogP contribution in [0.2, 0.25) is 0 Å². The Hall–Kier alpha value is -2.34. The largest absolute Gasteiger partial charge is 0.385 e. The van der Waals surface area contributed by atoms with Crippen LogP contribution in [-0.4, -0.2) is 35.7 Å². The lowest BCUT2D eigenvalue weighted by Gasteiger charge is -2.25. The van der Waals surface area contributed by atoms with E-state index in [-0.39, 0.29) is 11.9 Å². The van der Waals surface area contributed by atoms with Crippen molar-refractivity contribution in [3.8, 4) is 0 Å². The monoisotopic (exact) mass is 358 g/mol. The number of nitrogens with one attached hydrogen (secondary N) is 3. The SMILES string of the molecule is CN(NC(=O)CCCNC1=CCC=CC=C1)C(=S)NC1C=CC=CC1. The van der Waals surface area contributed by atoms with Crippen LogP contribution in [-0.2, 0) is 4.79 Å². The average Bonchev–Trinajstić information content (AvgIpc) is 2.88. The highest BCUT2D eigenvalue weighted by Crippen LogP contribution is 2.04. The van der Waals surface area contributed by atoms with Gasteiger partial charge in [0.1, 0.15) is 0 Å². The van der Waals surface area contributed by atoms with Gasteiger partial charge in [-0.1, -0.05) is 48.6 Å². The molecule has 6 heteroatoms. The maximum atomic E-state index is 12.0. The number of hydrogen-bond donors (Lipinski definition) is 3. The van der Waals surface area contributed by atoms with E-state index in [1.807, 2.05) is 30.4 Å². The van der Waals surface area contributed by atoms with Gasteiger partial charge in [-0.2, -0.15) is 0 Å². The maximum absolute atomic E-state index is 12.0. The second-order valence-electron chi connectivity index (χ2n) is 5.91. The van der Waals surface area contributed by atoms with E-state index in [9.17, 15) is 4.79 Å². The molecule has 1 atom stereocenters. The number of amides is 1. The van der Waals surface area contributed by atoms with Crippen LogP contribution in [0.1, 0.15) is 25.7 Å². The molecule has 3 N–H and O–H groups in total. The van der Waals surface area contributed by atoms with Crippen LogP contribution in [0.3, 0.4) is 0 Å². The molecule has 0 radical (unpaired) electrons. The van der Waals surface area contributed by atoms with Gasteiger partial charge in [0.2, 0.25) is 5.91 Å². The highest BCUT2D eigenvalue weighted by Gasteiger charge is 2.12. The summed E-state index contributed by atoms with van der Waals surface area (Å²) in [6, 6.07) is 0.177. The predicted octanol–water partition coefficient (Wildman–Crippen LogP) is 2.48. The summed E-state index contributed by atoms with van der Waals surface area (Å²) in [5.41, 5.74) is 3.90. The molecule has 5 nitrogen and oxygen atoms in total. The summed E-state index contributed by atoms with van der Waals surface area (Å²) in [7, 11) is 1.75. The molecule has 0 saturated carbocycles. The van der Waals surface area contributed by atoms with E-state index >= 15 is 0 Å². The molecule has 1 amide bonds. The molecule has 2 rings (SSSR count). The van der Waals surface area contributed by atoms with Crippen molar-refractivity contribution >= 4 is 23.2 Å². The van der Waals surface area contributed by atoms with Crippen molar-refractivity contribution < 1.29 is 4.79 Å². The fourth-order valence-electron chi connectivity index (χ4n) is 2.43. The number of hydrazine groups is 1. The van der Waals surface area contributed by atoms with E-state index in [1.165, 1.54) is 0 Å². The third kappa shape index (κ3) is 7.39. The van der Waals surface area contributed by atoms with Crippen molar-refractivity contribution in [3.63, 3.8) is 0 Å². The van der Waals surface area contributed by atoms with Crippen molar-refractivity contribution in [2.45, 2.75) is 31.7 Å². The van der Waals surface area contributed by atoms with Gasteiger partial charge in [-0.15, -0.1) is 0 Å². The molecule has 0 aliphatic heterocycles. The second kappa shape index (κ2) is 10.5. The molecule has 0 bridgehead atoms. The summed E-state index contributed by atoms with van der Waals surface area (Å²) in [6.45, 7) is 0.759. The van der Waals surface area contributed by atoms with Gasteiger partial charge in [0, 0.05) is 25.7 Å². The van der Waals surface area contributed by atoms with Crippen molar-refractivity contribution in [2.24, 2.45) is 0 Å². The molecule has 0 saturated heterocycles. The number of thiocarbonyl (C=S) groups is 1. The van der Waals surface area contributed by atoms with Gasteiger partial charge in [0.05, 0.1) is 6.04 Å². The fraction of sp³-hybridized carbons (Fsp3) is 0.368. The van der Waals surface area contributed by atoms with Crippen molar-refractivity contribution in [3.05, 3.63) is 60.4 Å². The minimum absolute atomic E-state index is 0.0420. The fourth-order valence-corrected chi connectivity index (χ4v) is 2.63. The first-order valence-corrected chi connectivity index (χ1v) is 9.00. The number of carbonyl (C=O) groups is 1. The summed E-state index contributed by atoms with van der Waals surface area (Å²) < 4.78 is 0. The number of hydrogen-bond acceptors (Lipinski definition) is 3.